The molecular formula is C28H28Br2N4O4. The van der Waals surface area contributed by atoms with Gasteiger partial charge in [-0.25, -0.2) is 5.43 Å². The summed E-state index contributed by atoms with van der Waals surface area (Å²) in [4.78, 5) is 28.1. The molecule has 0 saturated carbocycles. The summed E-state index contributed by atoms with van der Waals surface area (Å²) in [5.74, 6) is -1.49. The van der Waals surface area contributed by atoms with Gasteiger partial charge in [0.25, 0.3) is 11.8 Å². The fourth-order valence-corrected chi connectivity index (χ4v) is 4.74. The van der Waals surface area contributed by atoms with Crippen LogP contribution in [0.3, 0.4) is 0 Å². The van der Waals surface area contributed by atoms with Crippen LogP contribution in [0.5, 0.6) is 11.5 Å². The maximum absolute atomic E-state index is 13.1. The van der Waals surface area contributed by atoms with Gasteiger partial charge in [0.05, 0.1) is 10.7 Å². The summed E-state index contributed by atoms with van der Waals surface area (Å²) in [6, 6.07) is 16.2. The van der Waals surface area contributed by atoms with Gasteiger partial charge in [-0.1, -0.05) is 30.3 Å². The second-order valence-corrected chi connectivity index (χ2v) is 9.79. The first-order valence-corrected chi connectivity index (χ1v) is 13.4. The van der Waals surface area contributed by atoms with E-state index in [9.17, 15) is 19.8 Å². The third kappa shape index (κ3) is 6.81. The summed E-state index contributed by atoms with van der Waals surface area (Å²) in [5, 5.41) is 27.1. The molecule has 0 fully saturated rings. The molecule has 3 aromatic rings. The van der Waals surface area contributed by atoms with Crippen LogP contribution in [-0.2, 0) is 4.79 Å². The molecule has 0 aliphatic heterocycles. The van der Waals surface area contributed by atoms with E-state index >= 15 is 0 Å². The molecule has 0 heterocycles. The molecule has 8 nitrogen and oxygen atoms in total. The minimum Gasteiger partial charge on any atom is -0.506 e. The summed E-state index contributed by atoms with van der Waals surface area (Å²) in [5.41, 5.74) is 5.35. The standard InChI is InChI=1S/C28H28Br2N4O4/c1-4-34(5-2)20-13-11-18(12-14-20)15-22(32-27(37)19-9-7-6-8-10-19)28(38)33-31-16-21-17(3)23(29)26(36)24(30)25(21)35/h6-16,35-36H,4-5H2,1-3H3,(H,32,37)(H,33,38)/b22-15+,31-16-. The van der Waals surface area contributed by atoms with Gasteiger partial charge in [-0.3, -0.25) is 9.59 Å². The highest BCUT2D eigenvalue weighted by molar-refractivity contribution is 9.11. The zero-order valence-corrected chi connectivity index (χ0v) is 24.3. The highest BCUT2D eigenvalue weighted by Crippen LogP contribution is 2.43. The Hall–Kier alpha value is -3.63. The zero-order chi connectivity index (χ0) is 27.8. The van der Waals surface area contributed by atoms with Crippen molar-refractivity contribution in [3.05, 3.63) is 91.5 Å². The number of carbonyl (C=O) groups is 2. The van der Waals surface area contributed by atoms with E-state index in [1.165, 1.54) is 6.21 Å². The van der Waals surface area contributed by atoms with E-state index in [1.54, 1.807) is 43.3 Å². The first-order valence-electron chi connectivity index (χ1n) is 11.8. The lowest BCUT2D eigenvalue weighted by atomic mass is 10.1. The Labute approximate surface area is 238 Å². The summed E-state index contributed by atoms with van der Waals surface area (Å²) in [6.45, 7) is 7.57. The number of rotatable bonds is 9. The van der Waals surface area contributed by atoms with Crippen molar-refractivity contribution in [2.75, 3.05) is 18.0 Å². The molecule has 198 valence electrons. The van der Waals surface area contributed by atoms with Crippen molar-refractivity contribution < 1.29 is 19.8 Å². The van der Waals surface area contributed by atoms with E-state index in [0.717, 1.165) is 18.8 Å². The van der Waals surface area contributed by atoms with Gasteiger partial charge >= 0.3 is 0 Å². The van der Waals surface area contributed by atoms with Crippen LogP contribution in [0.1, 0.15) is 40.9 Å². The number of nitrogens with zero attached hydrogens (tertiary/aromatic N) is 2. The van der Waals surface area contributed by atoms with E-state index in [0.29, 0.717) is 21.2 Å². The molecule has 38 heavy (non-hydrogen) atoms. The van der Waals surface area contributed by atoms with Crippen LogP contribution < -0.4 is 15.6 Å². The first kappa shape index (κ1) is 28.9. The van der Waals surface area contributed by atoms with Gasteiger partial charge < -0.3 is 20.4 Å². The number of carbonyl (C=O) groups excluding carboxylic acids is 2. The third-order valence-electron chi connectivity index (χ3n) is 5.83. The number of phenols is 2. The van der Waals surface area contributed by atoms with E-state index < -0.39 is 11.8 Å². The van der Waals surface area contributed by atoms with E-state index in [-0.39, 0.29) is 27.2 Å². The van der Waals surface area contributed by atoms with E-state index in [4.69, 9.17) is 0 Å². The number of amides is 2. The average molecular weight is 644 g/mol. The second-order valence-electron chi connectivity index (χ2n) is 8.20. The third-order valence-corrected chi connectivity index (χ3v) is 7.55. The van der Waals surface area contributed by atoms with E-state index in [2.05, 4.69) is 66.5 Å². The summed E-state index contributed by atoms with van der Waals surface area (Å²) < 4.78 is 0.463. The van der Waals surface area contributed by atoms with Gasteiger partial charge in [0.15, 0.2) is 0 Å². The Balaban J connectivity index is 1.89. The average Bonchev–Trinajstić information content (AvgIpc) is 2.94. The van der Waals surface area contributed by atoms with Crippen molar-refractivity contribution in [1.29, 1.82) is 0 Å². The lowest BCUT2D eigenvalue weighted by molar-refractivity contribution is -0.117. The lowest BCUT2D eigenvalue weighted by Gasteiger charge is -2.21. The minimum absolute atomic E-state index is 0.0133. The molecule has 4 N–H and O–H groups in total. The molecule has 0 spiro atoms. The second kappa shape index (κ2) is 13.3. The minimum atomic E-state index is -0.660. The van der Waals surface area contributed by atoms with Gasteiger partial charge in [0.1, 0.15) is 21.7 Å². The number of benzene rings is 3. The Morgan fingerprint density at radius 2 is 1.58 bits per heavy atom. The Bertz CT molecular complexity index is 1340. The largest absolute Gasteiger partial charge is 0.506 e. The van der Waals surface area contributed by atoms with Gasteiger partial charge in [0, 0.05) is 29.9 Å². The quantitative estimate of drug-likeness (QED) is 0.136. The SMILES string of the molecule is CCN(CC)c1ccc(/C=C(/NC(=O)c2ccccc2)C(=O)N/N=C\c2c(C)c(Br)c(O)c(Br)c2O)cc1. The molecule has 10 heteroatoms. The smallest absolute Gasteiger partial charge is 0.287 e. The number of anilines is 1. The number of nitrogens with one attached hydrogen (secondary N) is 2. The van der Waals surface area contributed by atoms with Crippen molar-refractivity contribution in [2.45, 2.75) is 20.8 Å². The van der Waals surface area contributed by atoms with Crippen LogP contribution in [0, 0.1) is 6.92 Å². The molecule has 0 unspecified atom stereocenters. The maximum Gasteiger partial charge on any atom is 0.287 e. The predicted octanol–water partition coefficient (Wildman–Crippen LogP) is 5.70. The summed E-state index contributed by atoms with van der Waals surface area (Å²) in [7, 11) is 0. The van der Waals surface area contributed by atoms with Crippen molar-refractivity contribution in [3.63, 3.8) is 0 Å². The van der Waals surface area contributed by atoms with E-state index in [1.807, 2.05) is 24.3 Å². The molecule has 0 saturated heterocycles. The van der Waals surface area contributed by atoms with Crippen molar-refractivity contribution in [3.8, 4) is 11.5 Å². The Kier molecular flexibility index (Phi) is 10.1. The molecule has 0 aliphatic carbocycles. The monoisotopic (exact) mass is 642 g/mol. The number of hydrazone groups is 1. The first-order chi connectivity index (χ1) is 18.2. The number of aromatic hydroxyl groups is 2. The highest BCUT2D eigenvalue weighted by atomic mass is 79.9. The molecule has 0 radical (unpaired) electrons. The van der Waals surface area contributed by atoms with Crippen molar-refractivity contribution in [1.82, 2.24) is 10.7 Å². The molecule has 3 rings (SSSR count). The molecule has 0 bridgehead atoms. The number of phenolic OH excluding ortho intramolecular Hbond substituents is 2. The van der Waals surface area contributed by atoms with Crippen LogP contribution in [0.2, 0.25) is 0 Å². The van der Waals surface area contributed by atoms with Crippen LogP contribution in [0.15, 0.2) is 74.3 Å². The number of hydrogen-bond acceptors (Lipinski definition) is 6. The van der Waals surface area contributed by atoms with Gasteiger partial charge in [-0.15, -0.1) is 0 Å². The van der Waals surface area contributed by atoms with Crippen LogP contribution in [0.4, 0.5) is 5.69 Å². The fourth-order valence-electron chi connectivity index (χ4n) is 3.65. The van der Waals surface area contributed by atoms with Crippen molar-refractivity contribution >= 4 is 61.7 Å². The van der Waals surface area contributed by atoms with Crippen LogP contribution in [-0.4, -0.2) is 41.3 Å². The molecule has 0 aliphatic rings. The number of hydrogen-bond donors (Lipinski definition) is 4. The lowest BCUT2D eigenvalue weighted by Crippen LogP contribution is -2.32. The molecular weight excluding hydrogens is 616 g/mol. The zero-order valence-electron chi connectivity index (χ0n) is 21.1. The molecule has 3 aromatic carbocycles. The maximum atomic E-state index is 13.1. The number of halogens is 2. The topological polar surface area (TPSA) is 114 Å². The molecule has 0 atom stereocenters. The Morgan fingerprint density at radius 1 is 0.947 bits per heavy atom. The predicted molar refractivity (Wildman–Crippen MR) is 158 cm³/mol. The van der Waals surface area contributed by atoms with Crippen LogP contribution >= 0.6 is 31.9 Å². The molecule has 2 amide bonds. The normalized spacial score (nSPS) is 11.4. The highest BCUT2D eigenvalue weighted by Gasteiger charge is 2.18. The van der Waals surface area contributed by atoms with Crippen LogP contribution in [0.25, 0.3) is 6.08 Å². The summed E-state index contributed by atoms with van der Waals surface area (Å²) >= 11 is 6.40. The van der Waals surface area contributed by atoms with Crippen molar-refractivity contribution in [2.24, 2.45) is 5.10 Å². The van der Waals surface area contributed by atoms with Gasteiger partial charge in [0.2, 0.25) is 0 Å². The fraction of sp³-hybridized carbons (Fsp3) is 0.179. The van der Waals surface area contributed by atoms with Gasteiger partial charge in [-0.2, -0.15) is 5.10 Å². The van der Waals surface area contributed by atoms with Gasteiger partial charge in [-0.05, 0) is 94.1 Å². The molecule has 0 aromatic heterocycles. The summed E-state index contributed by atoms with van der Waals surface area (Å²) in [6.07, 6.45) is 2.82. The Morgan fingerprint density at radius 3 is 2.18 bits per heavy atom.